The number of anilines is 1. The number of hydrogen-bond acceptors (Lipinski definition) is 6. The van der Waals surface area contributed by atoms with Crippen LogP contribution in [0.2, 0.25) is 0 Å². The predicted octanol–water partition coefficient (Wildman–Crippen LogP) is 2.90. The van der Waals surface area contributed by atoms with Gasteiger partial charge in [-0.3, -0.25) is 9.59 Å². The standard InChI is InChI=1S/C20H18F3N5O3S/c1-28-15(9-24-19(30)11-3-5-12(31-2)6-4-11)26-27-20(28)32-10-16(29)25-14-8-7-13(21)17(22)18(14)23/h3-8H,9-10H2,1-2H3,(H,24,30)(H,25,29). The van der Waals surface area contributed by atoms with E-state index in [1.807, 2.05) is 0 Å². The van der Waals surface area contributed by atoms with E-state index in [0.29, 0.717) is 22.3 Å². The number of nitrogens with one attached hydrogen (secondary N) is 2. The Hall–Kier alpha value is -3.54. The number of amides is 2. The lowest BCUT2D eigenvalue weighted by Crippen LogP contribution is -2.24. The molecule has 0 aliphatic rings. The smallest absolute Gasteiger partial charge is 0.251 e. The van der Waals surface area contributed by atoms with E-state index in [1.165, 1.54) is 7.11 Å². The van der Waals surface area contributed by atoms with Gasteiger partial charge in [-0.05, 0) is 36.4 Å². The molecule has 3 rings (SSSR count). The molecule has 0 unspecified atom stereocenters. The first-order valence-corrected chi connectivity index (χ1v) is 10.2. The van der Waals surface area contributed by atoms with Crippen LogP contribution in [0, 0.1) is 17.5 Å². The maximum Gasteiger partial charge on any atom is 0.251 e. The van der Waals surface area contributed by atoms with Crippen LogP contribution in [-0.2, 0) is 18.4 Å². The van der Waals surface area contributed by atoms with Crippen LogP contribution in [0.1, 0.15) is 16.2 Å². The molecular formula is C20H18F3N5O3S. The molecule has 2 aromatic carbocycles. The minimum atomic E-state index is -1.66. The van der Waals surface area contributed by atoms with Crippen molar-refractivity contribution in [3.63, 3.8) is 0 Å². The van der Waals surface area contributed by atoms with Crippen molar-refractivity contribution < 1.29 is 27.5 Å². The summed E-state index contributed by atoms with van der Waals surface area (Å²) in [5, 5.41) is 13.2. The van der Waals surface area contributed by atoms with E-state index in [2.05, 4.69) is 20.8 Å². The van der Waals surface area contributed by atoms with Crippen LogP contribution in [0.3, 0.4) is 0 Å². The monoisotopic (exact) mass is 465 g/mol. The Kier molecular flexibility index (Phi) is 7.36. The molecule has 0 aliphatic heterocycles. The summed E-state index contributed by atoms with van der Waals surface area (Å²) in [4.78, 5) is 24.3. The molecule has 0 bridgehead atoms. The quantitative estimate of drug-likeness (QED) is 0.392. The molecule has 1 aromatic heterocycles. The Morgan fingerprint density at radius 2 is 1.78 bits per heavy atom. The number of carbonyl (C=O) groups excluding carboxylic acids is 2. The Morgan fingerprint density at radius 1 is 1.06 bits per heavy atom. The van der Waals surface area contributed by atoms with Crippen LogP contribution in [0.15, 0.2) is 41.6 Å². The number of benzene rings is 2. The van der Waals surface area contributed by atoms with E-state index in [1.54, 1.807) is 35.9 Å². The fourth-order valence-corrected chi connectivity index (χ4v) is 3.30. The summed E-state index contributed by atoms with van der Waals surface area (Å²) in [7, 11) is 3.19. The van der Waals surface area contributed by atoms with E-state index < -0.39 is 29.0 Å². The topological polar surface area (TPSA) is 98.1 Å². The number of methoxy groups -OCH3 is 1. The third-order valence-corrected chi connectivity index (χ3v) is 5.35. The lowest BCUT2D eigenvalue weighted by molar-refractivity contribution is -0.113. The molecule has 2 N–H and O–H groups in total. The van der Waals surface area contributed by atoms with Crippen molar-refractivity contribution in [3.05, 3.63) is 65.2 Å². The fraction of sp³-hybridized carbons (Fsp3) is 0.200. The second-order valence-corrected chi connectivity index (χ2v) is 7.37. The molecule has 2 amide bonds. The van der Waals surface area contributed by atoms with Gasteiger partial charge in [-0.15, -0.1) is 10.2 Å². The van der Waals surface area contributed by atoms with Crippen molar-refractivity contribution in [3.8, 4) is 5.75 Å². The molecule has 12 heteroatoms. The molecule has 1 heterocycles. The number of ether oxygens (including phenoxy) is 1. The number of halogens is 3. The summed E-state index contributed by atoms with van der Waals surface area (Å²) in [5.41, 5.74) is -0.0156. The van der Waals surface area contributed by atoms with Gasteiger partial charge in [-0.25, -0.2) is 13.2 Å². The Morgan fingerprint density at radius 3 is 2.47 bits per heavy atom. The van der Waals surface area contributed by atoms with Gasteiger partial charge in [0.15, 0.2) is 28.4 Å². The molecule has 0 atom stereocenters. The summed E-state index contributed by atoms with van der Waals surface area (Å²) in [5.74, 6) is -4.53. The van der Waals surface area contributed by atoms with E-state index in [0.717, 1.165) is 23.9 Å². The maximum atomic E-state index is 13.7. The van der Waals surface area contributed by atoms with Gasteiger partial charge >= 0.3 is 0 Å². The summed E-state index contributed by atoms with van der Waals surface area (Å²) in [6, 6.07) is 8.24. The average molecular weight is 465 g/mol. The summed E-state index contributed by atoms with van der Waals surface area (Å²) in [6.07, 6.45) is 0. The highest BCUT2D eigenvalue weighted by Gasteiger charge is 2.17. The molecule has 0 fully saturated rings. The molecule has 0 saturated heterocycles. The first-order chi connectivity index (χ1) is 15.3. The molecule has 168 valence electrons. The molecular weight excluding hydrogens is 447 g/mol. The lowest BCUT2D eigenvalue weighted by Gasteiger charge is -2.08. The van der Waals surface area contributed by atoms with Gasteiger partial charge in [-0.2, -0.15) is 0 Å². The van der Waals surface area contributed by atoms with Crippen LogP contribution < -0.4 is 15.4 Å². The van der Waals surface area contributed by atoms with Crippen molar-refractivity contribution in [2.75, 3.05) is 18.2 Å². The predicted molar refractivity (Wildman–Crippen MR) is 111 cm³/mol. The minimum absolute atomic E-state index is 0.0984. The van der Waals surface area contributed by atoms with Crippen LogP contribution >= 0.6 is 11.8 Å². The van der Waals surface area contributed by atoms with Crippen molar-refractivity contribution in [1.82, 2.24) is 20.1 Å². The zero-order chi connectivity index (χ0) is 23.3. The zero-order valence-electron chi connectivity index (χ0n) is 17.0. The van der Waals surface area contributed by atoms with Gasteiger partial charge in [0.1, 0.15) is 5.75 Å². The van der Waals surface area contributed by atoms with Gasteiger partial charge < -0.3 is 19.9 Å². The van der Waals surface area contributed by atoms with Crippen molar-refractivity contribution >= 4 is 29.3 Å². The number of carbonyl (C=O) groups is 2. The minimum Gasteiger partial charge on any atom is -0.497 e. The van der Waals surface area contributed by atoms with E-state index >= 15 is 0 Å². The summed E-state index contributed by atoms with van der Waals surface area (Å²) >= 11 is 1.00. The Labute approximate surface area is 185 Å². The SMILES string of the molecule is COc1ccc(C(=O)NCc2nnc(SCC(=O)Nc3ccc(F)c(F)c3F)n2C)cc1. The summed E-state index contributed by atoms with van der Waals surface area (Å²) in [6.45, 7) is 0.0984. The van der Waals surface area contributed by atoms with Gasteiger partial charge in [0.25, 0.3) is 5.91 Å². The molecule has 8 nitrogen and oxygen atoms in total. The molecule has 0 spiro atoms. The van der Waals surface area contributed by atoms with Crippen LogP contribution in [-0.4, -0.2) is 39.4 Å². The molecule has 0 radical (unpaired) electrons. The highest BCUT2D eigenvalue weighted by atomic mass is 32.2. The zero-order valence-corrected chi connectivity index (χ0v) is 17.8. The van der Waals surface area contributed by atoms with Gasteiger partial charge in [0, 0.05) is 12.6 Å². The number of thioether (sulfide) groups is 1. The van der Waals surface area contributed by atoms with Crippen LogP contribution in [0.4, 0.5) is 18.9 Å². The first-order valence-electron chi connectivity index (χ1n) is 9.16. The van der Waals surface area contributed by atoms with E-state index in [9.17, 15) is 22.8 Å². The van der Waals surface area contributed by atoms with E-state index in [4.69, 9.17) is 4.74 Å². The van der Waals surface area contributed by atoms with Crippen molar-refractivity contribution in [1.29, 1.82) is 0 Å². The second-order valence-electron chi connectivity index (χ2n) is 6.43. The molecule has 32 heavy (non-hydrogen) atoms. The fourth-order valence-electron chi connectivity index (χ4n) is 2.57. The largest absolute Gasteiger partial charge is 0.497 e. The number of hydrogen-bond donors (Lipinski definition) is 2. The Balaban J connectivity index is 1.53. The van der Waals surface area contributed by atoms with E-state index in [-0.39, 0.29) is 18.2 Å². The average Bonchev–Trinajstić information content (AvgIpc) is 3.15. The van der Waals surface area contributed by atoms with Crippen molar-refractivity contribution in [2.45, 2.75) is 11.7 Å². The lowest BCUT2D eigenvalue weighted by atomic mass is 10.2. The summed E-state index contributed by atoms with van der Waals surface area (Å²) < 4.78 is 46.5. The van der Waals surface area contributed by atoms with Crippen LogP contribution in [0.25, 0.3) is 0 Å². The maximum absolute atomic E-state index is 13.7. The van der Waals surface area contributed by atoms with Crippen LogP contribution in [0.5, 0.6) is 5.75 Å². The highest BCUT2D eigenvalue weighted by molar-refractivity contribution is 7.99. The molecule has 3 aromatic rings. The normalized spacial score (nSPS) is 10.7. The first kappa shape index (κ1) is 23.1. The number of nitrogens with zero attached hydrogens (tertiary/aromatic N) is 3. The van der Waals surface area contributed by atoms with Crippen molar-refractivity contribution in [2.24, 2.45) is 7.05 Å². The van der Waals surface area contributed by atoms with Gasteiger partial charge in [0.2, 0.25) is 5.91 Å². The number of aromatic nitrogens is 3. The third kappa shape index (κ3) is 5.38. The second kappa shape index (κ2) is 10.2. The highest BCUT2D eigenvalue weighted by Crippen LogP contribution is 2.21. The third-order valence-electron chi connectivity index (χ3n) is 4.33. The number of rotatable bonds is 8. The molecule has 0 saturated carbocycles. The Bertz CT molecular complexity index is 1140. The van der Waals surface area contributed by atoms with Gasteiger partial charge in [0.05, 0.1) is 25.1 Å². The van der Waals surface area contributed by atoms with Gasteiger partial charge in [-0.1, -0.05) is 11.8 Å². The molecule has 0 aliphatic carbocycles.